The molecule has 0 unspecified atom stereocenters. The first kappa shape index (κ1) is 20.6. The molecule has 2 heterocycles. The molecule has 0 amide bonds. The van der Waals surface area contributed by atoms with E-state index < -0.39 is 5.97 Å². The van der Waals surface area contributed by atoms with E-state index in [1.807, 2.05) is 0 Å². The summed E-state index contributed by atoms with van der Waals surface area (Å²) in [6.07, 6.45) is 4.26. The molecule has 2 aromatic carbocycles. The topological polar surface area (TPSA) is 43.8 Å². The number of anilines is 1. The first-order chi connectivity index (χ1) is 15.0. The van der Waals surface area contributed by atoms with Crippen LogP contribution in [0.15, 0.2) is 36.4 Å². The van der Waals surface area contributed by atoms with Crippen LogP contribution in [0, 0.1) is 19.8 Å². The van der Waals surface area contributed by atoms with E-state index in [4.69, 9.17) is 0 Å². The normalized spacial score (nSPS) is 20.6. The number of carbonyl (C=O) groups is 1. The van der Waals surface area contributed by atoms with Crippen LogP contribution in [-0.4, -0.2) is 42.2 Å². The lowest BCUT2D eigenvalue weighted by molar-refractivity contribution is -0.143. The van der Waals surface area contributed by atoms with Gasteiger partial charge in [0, 0.05) is 31.2 Å². The van der Waals surface area contributed by atoms with Crippen molar-refractivity contribution in [3.63, 3.8) is 0 Å². The van der Waals surface area contributed by atoms with Crippen molar-refractivity contribution in [1.29, 1.82) is 0 Å². The zero-order chi connectivity index (χ0) is 21.5. The number of carboxylic acids is 1. The van der Waals surface area contributed by atoms with Gasteiger partial charge < -0.3 is 10.0 Å². The molecule has 164 valence electrons. The van der Waals surface area contributed by atoms with Crippen LogP contribution in [0.2, 0.25) is 0 Å². The Morgan fingerprint density at radius 3 is 2.06 bits per heavy atom. The number of carboxylic acid groups (broad SMARTS) is 1. The van der Waals surface area contributed by atoms with Crippen LogP contribution in [0.5, 0.6) is 0 Å². The molecule has 2 aromatic rings. The van der Waals surface area contributed by atoms with Gasteiger partial charge in [0.15, 0.2) is 0 Å². The fourth-order valence-corrected chi connectivity index (χ4v) is 5.35. The number of rotatable bonds is 6. The van der Waals surface area contributed by atoms with Crippen molar-refractivity contribution < 1.29 is 9.90 Å². The van der Waals surface area contributed by atoms with Gasteiger partial charge in [0.25, 0.3) is 0 Å². The van der Waals surface area contributed by atoms with E-state index >= 15 is 0 Å². The average Bonchev–Trinajstić information content (AvgIpc) is 3.56. The average molecular weight is 419 g/mol. The summed E-state index contributed by atoms with van der Waals surface area (Å²) in [5.41, 5.74) is 8.51. The number of piperidine rings is 1. The van der Waals surface area contributed by atoms with Crippen LogP contribution in [0.3, 0.4) is 0 Å². The van der Waals surface area contributed by atoms with Crippen molar-refractivity contribution in [1.82, 2.24) is 4.90 Å². The van der Waals surface area contributed by atoms with Gasteiger partial charge in [0.1, 0.15) is 0 Å². The Hall–Kier alpha value is -2.33. The van der Waals surface area contributed by atoms with E-state index in [-0.39, 0.29) is 5.92 Å². The zero-order valence-electron chi connectivity index (χ0n) is 18.8. The Bertz CT molecular complexity index is 927. The molecular formula is C27H34N2O2. The number of nitrogens with zero attached hydrogens (tertiary/aromatic N) is 2. The molecule has 31 heavy (non-hydrogen) atoms. The van der Waals surface area contributed by atoms with Crippen LogP contribution in [0.25, 0.3) is 0 Å². The summed E-state index contributed by atoms with van der Waals surface area (Å²) in [7, 11) is 0. The SMILES string of the molecule is Cc1cc(C2CN(c3ccc(C4CC4)cc3)C2)cc(C)c1CN1CCC(C(=O)O)CC1. The number of likely N-dealkylation sites (tertiary alicyclic amines) is 1. The van der Waals surface area contributed by atoms with E-state index in [2.05, 4.69) is 60.0 Å². The zero-order valence-corrected chi connectivity index (χ0v) is 18.8. The van der Waals surface area contributed by atoms with Gasteiger partial charge in [-0.25, -0.2) is 0 Å². The summed E-state index contributed by atoms with van der Waals surface area (Å²) >= 11 is 0. The highest BCUT2D eigenvalue weighted by Crippen LogP contribution is 2.41. The van der Waals surface area contributed by atoms with Crippen LogP contribution >= 0.6 is 0 Å². The molecule has 3 aliphatic rings. The van der Waals surface area contributed by atoms with Gasteiger partial charge in [-0.05, 0) is 98.5 Å². The predicted octanol–water partition coefficient (Wildman–Crippen LogP) is 5.08. The van der Waals surface area contributed by atoms with E-state index in [0.29, 0.717) is 5.92 Å². The number of hydrogen-bond acceptors (Lipinski definition) is 3. The highest BCUT2D eigenvalue weighted by atomic mass is 16.4. The molecule has 0 bridgehead atoms. The standard InChI is InChI=1S/C27H34N2O2/c1-18-13-23(14-19(2)26(18)17-28-11-9-22(10-12-28)27(30)31)24-15-29(16-24)25-7-5-21(6-8-25)20-3-4-20/h5-8,13-14,20,22,24H,3-4,9-12,15-17H2,1-2H3,(H,30,31). The van der Waals surface area contributed by atoms with Gasteiger partial charge in [-0.2, -0.15) is 0 Å². The van der Waals surface area contributed by atoms with Gasteiger partial charge in [0.2, 0.25) is 0 Å². The largest absolute Gasteiger partial charge is 0.481 e. The lowest BCUT2D eigenvalue weighted by Crippen LogP contribution is -2.45. The fraction of sp³-hybridized carbons (Fsp3) is 0.519. The molecule has 0 spiro atoms. The van der Waals surface area contributed by atoms with Crippen molar-refractivity contribution in [2.45, 2.75) is 57.9 Å². The van der Waals surface area contributed by atoms with E-state index in [1.165, 1.54) is 46.3 Å². The fourth-order valence-electron chi connectivity index (χ4n) is 5.35. The van der Waals surface area contributed by atoms with Crippen LogP contribution in [-0.2, 0) is 11.3 Å². The lowest BCUT2D eigenvalue weighted by atomic mass is 9.86. The Balaban J connectivity index is 1.19. The third-order valence-corrected chi connectivity index (χ3v) is 7.70. The van der Waals surface area contributed by atoms with Gasteiger partial charge in [0.05, 0.1) is 5.92 Å². The summed E-state index contributed by atoms with van der Waals surface area (Å²) in [4.78, 5) is 16.1. The maximum Gasteiger partial charge on any atom is 0.306 e. The molecule has 5 rings (SSSR count). The van der Waals surface area contributed by atoms with Gasteiger partial charge in [-0.3, -0.25) is 9.69 Å². The smallest absolute Gasteiger partial charge is 0.306 e. The highest BCUT2D eigenvalue weighted by molar-refractivity contribution is 5.70. The van der Waals surface area contributed by atoms with Gasteiger partial charge in [-0.1, -0.05) is 24.3 Å². The molecule has 1 saturated carbocycles. The second-order valence-electron chi connectivity index (χ2n) is 9.99. The molecule has 4 nitrogen and oxygen atoms in total. The molecule has 4 heteroatoms. The molecule has 0 radical (unpaired) electrons. The third kappa shape index (κ3) is 4.36. The quantitative estimate of drug-likeness (QED) is 0.710. The van der Waals surface area contributed by atoms with Crippen molar-refractivity contribution in [3.05, 3.63) is 64.2 Å². The molecule has 1 N–H and O–H groups in total. The maximum atomic E-state index is 11.2. The second-order valence-corrected chi connectivity index (χ2v) is 9.99. The number of hydrogen-bond donors (Lipinski definition) is 1. The Kier molecular flexibility index (Phi) is 5.51. The minimum absolute atomic E-state index is 0.160. The Morgan fingerprint density at radius 1 is 0.903 bits per heavy atom. The number of aryl methyl sites for hydroxylation is 2. The molecule has 1 aliphatic carbocycles. The lowest BCUT2D eigenvalue weighted by Gasteiger charge is -2.42. The van der Waals surface area contributed by atoms with Gasteiger partial charge in [-0.15, -0.1) is 0 Å². The van der Waals surface area contributed by atoms with Crippen molar-refractivity contribution >= 4 is 11.7 Å². The van der Waals surface area contributed by atoms with Gasteiger partial charge >= 0.3 is 5.97 Å². The Morgan fingerprint density at radius 2 is 1.52 bits per heavy atom. The van der Waals surface area contributed by atoms with Crippen LogP contribution < -0.4 is 4.90 Å². The molecule has 2 aliphatic heterocycles. The monoisotopic (exact) mass is 418 g/mol. The summed E-state index contributed by atoms with van der Waals surface area (Å²) < 4.78 is 0. The van der Waals surface area contributed by atoms with E-state index in [1.54, 1.807) is 0 Å². The summed E-state index contributed by atoms with van der Waals surface area (Å²) in [6.45, 7) is 9.39. The minimum Gasteiger partial charge on any atom is -0.481 e. The highest BCUT2D eigenvalue weighted by Gasteiger charge is 2.30. The third-order valence-electron chi connectivity index (χ3n) is 7.70. The Labute approximate surface area is 185 Å². The van der Waals surface area contributed by atoms with Crippen LogP contribution in [0.1, 0.15) is 65.3 Å². The van der Waals surface area contributed by atoms with Crippen molar-refractivity contribution in [2.75, 3.05) is 31.1 Å². The molecular weight excluding hydrogens is 384 g/mol. The predicted molar refractivity (Wildman–Crippen MR) is 125 cm³/mol. The van der Waals surface area contributed by atoms with E-state index in [0.717, 1.165) is 51.5 Å². The maximum absolute atomic E-state index is 11.2. The molecule has 0 aromatic heterocycles. The summed E-state index contributed by atoms with van der Waals surface area (Å²) in [6, 6.07) is 14.0. The van der Waals surface area contributed by atoms with E-state index in [9.17, 15) is 9.90 Å². The summed E-state index contributed by atoms with van der Waals surface area (Å²) in [5, 5.41) is 9.22. The first-order valence-corrected chi connectivity index (χ1v) is 11.9. The number of benzene rings is 2. The van der Waals surface area contributed by atoms with Crippen LogP contribution in [0.4, 0.5) is 5.69 Å². The number of aliphatic carboxylic acids is 1. The minimum atomic E-state index is -0.634. The summed E-state index contributed by atoms with van der Waals surface area (Å²) in [5.74, 6) is 0.643. The molecule has 2 saturated heterocycles. The second kappa shape index (κ2) is 8.31. The molecule has 0 atom stereocenters. The van der Waals surface area contributed by atoms with Crippen molar-refractivity contribution in [2.24, 2.45) is 5.92 Å². The first-order valence-electron chi connectivity index (χ1n) is 11.9. The molecule has 3 fully saturated rings. The van der Waals surface area contributed by atoms with Crippen molar-refractivity contribution in [3.8, 4) is 0 Å².